The lowest BCUT2D eigenvalue weighted by atomic mass is 9.99. The molecule has 0 aromatic heterocycles. The Labute approximate surface area is 127 Å². The molecule has 0 aliphatic carbocycles. The SMILES string of the molecule is C[C@@H]1CN(C(=O)Cc2c(Cl)cccc2Cl)C[C@H]1C(=O)O. The van der Waals surface area contributed by atoms with E-state index in [2.05, 4.69) is 0 Å². The summed E-state index contributed by atoms with van der Waals surface area (Å²) in [5, 5.41) is 9.98. The first-order valence-corrected chi connectivity index (χ1v) is 7.09. The van der Waals surface area contributed by atoms with Gasteiger partial charge in [0.05, 0.1) is 12.3 Å². The Morgan fingerprint density at radius 2 is 1.90 bits per heavy atom. The number of carboxylic acid groups (broad SMARTS) is 1. The van der Waals surface area contributed by atoms with Gasteiger partial charge in [0.15, 0.2) is 0 Å². The number of rotatable bonds is 3. The zero-order chi connectivity index (χ0) is 14.9. The van der Waals surface area contributed by atoms with Crippen LogP contribution in [-0.4, -0.2) is 35.0 Å². The maximum absolute atomic E-state index is 12.2. The number of nitrogens with zero attached hydrogens (tertiary/aromatic N) is 1. The van der Waals surface area contributed by atoms with Crippen molar-refractivity contribution in [3.63, 3.8) is 0 Å². The lowest BCUT2D eigenvalue weighted by Crippen LogP contribution is -2.31. The van der Waals surface area contributed by atoms with Crippen LogP contribution in [0.4, 0.5) is 0 Å². The van der Waals surface area contributed by atoms with Crippen LogP contribution >= 0.6 is 23.2 Å². The predicted molar refractivity (Wildman–Crippen MR) is 77.0 cm³/mol. The second-order valence-corrected chi connectivity index (χ2v) is 5.91. The third kappa shape index (κ3) is 3.07. The maximum atomic E-state index is 12.2. The summed E-state index contributed by atoms with van der Waals surface area (Å²) in [5.41, 5.74) is 0.590. The van der Waals surface area contributed by atoms with Crippen LogP contribution < -0.4 is 0 Å². The Hall–Kier alpha value is -1.26. The van der Waals surface area contributed by atoms with Crippen molar-refractivity contribution in [2.45, 2.75) is 13.3 Å². The molecular formula is C14H15Cl2NO3. The quantitative estimate of drug-likeness (QED) is 0.933. The van der Waals surface area contributed by atoms with Crippen molar-refractivity contribution < 1.29 is 14.7 Å². The van der Waals surface area contributed by atoms with Gasteiger partial charge in [-0.15, -0.1) is 0 Å². The van der Waals surface area contributed by atoms with Gasteiger partial charge in [-0.05, 0) is 23.6 Å². The van der Waals surface area contributed by atoms with E-state index in [1.165, 1.54) is 0 Å². The fourth-order valence-corrected chi connectivity index (χ4v) is 2.99. The molecule has 2 rings (SSSR count). The third-order valence-corrected chi connectivity index (χ3v) is 4.38. The maximum Gasteiger partial charge on any atom is 0.308 e. The van der Waals surface area contributed by atoms with Gasteiger partial charge in [-0.1, -0.05) is 36.2 Å². The Kier molecular flexibility index (Phi) is 4.55. The summed E-state index contributed by atoms with van der Waals surface area (Å²) in [7, 11) is 0. The highest BCUT2D eigenvalue weighted by atomic mass is 35.5. The molecule has 1 aromatic rings. The van der Waals surface area contributed by atoms with Crippen LogP contribution in [0.1, 0.15) is 12.5 Å². The van der Waals surface area contributed by atoms with Gasteiger partial charge >= 0.3 is 5.97 Å². The second-order valence-electron chi connectivity index (χ2n) is 5.10. The van der Waals surface area contributed by atoms with Gasteiger partial charge in [0.25, 0.3) is 0 Å². The van der Waals surface area contributed by atoms with Crippen LogP contribution in [-0.2, 0) is 16.0 Å². The van der Waals surface area contributed by atoms with Gasteiger partial charge in [0.1, 0.15) is 0 Å². The summed E-state index contributed by atoms with van der Waals surface area (Å²) in [6.45, 7) is 2.55. The molecule has 20 heavy (non-hydrogen) atoms. The van der Waals surface area contributed by atoms with Crippen molar-refractivity contribution in [2.75, 3.05) is 13.1 Å². The molecule has 1 heterocycles. The van der Waals surface area contributed by atoms with E-state index >= 15 is 0 Å². The number of carbonyl (C=O) groups is 2. The Bertz CT molecular complexity index is 527. The summed E-state index contributed by atoms with van der Waals surface area (Å²) >= 11 is 12.1. The number of aliphatic carboxylic acids is 1. The number of hydrogen-bond acceptors (Lipinski definition) is 2. The summed E-state index contributed by atoms with van der Waals surface area (Å²) in [4.78, 5) is 24.9. The summed E-state index contributed by atoms with van der Waals surface area (Å²) < 4.78 is 0. The molecule has 1 aromatic carbocycles. The molecule has 108 valence electrons. The topological polar surface area (TPSA) is 57.6 Å². The van der Waals surface area contributed by atoms with Crippen molar-refractivity contribution in [1.82, 2.24) is 4.90 Å². The lowest BCUT2D eigenvalue weighted by Gasteiger charge is -2.17. The van der Waals surface area contributed by atoms with Gasteiger partial charge in [-0.2, -0.15) is 0 Å². The zero-order valence-electron chi connectivity index (χ0n) is 11.0. The van der Waals surface area contributed by atoms with Crippen molar-refractivity contribution in [3.05, 3.63) is 33.8 Å². The largest absolute Gasteiger partial charge is 0.481 e. The Morgan fingerprint density at radius 3 is 2.40 bits per heavy atom. The molecule has 0 spiro atoms. The van der Waals surface area contributed by atoms with Crippen LogP contribution in [0.25, 0.3) is 0 Å². The van der Waals surface area contributed by atoms with E-state index in [0.29, 0.717) is 22.2 Å². The van der Waals surface area contributed by atoms with Crippen molar-refractivity contribution in [1.29, 1.82) is 0 Å². The van der Waals surface area contributed by atoms with Gasteiger partial charge in [0.2, 0.25) is 5.91 Å². The third-order valence-electron chi connectivity index (χ3n) is 3.67. The Balaban J connectivity index is 2.08. The van der Waals surface area contributed by atoms with Gasteiger partial charge in [0, 0.05) is 23.1 Å². The van der Waals surface area contributed by atoms with Crippen LogP contribution in [0.3, 0.4) is 0 Å². The molecule has 0 unspecified atom stereocenters. The fraction of sp³-hybridized carbons (Fsp3) is 0.429. The molecule has 1 aliphatic heterocycles. The van der Waals surface area contributed by atoms with Crippen LogP contribution in [0.2, 0.25) is 10.0 Å². The molecule has 1 saturated heterocycles. The number of likely N-dealkylation sites (tertiary alicyclic amines) is 1. The van der Waals surface area contributed by atoms with E-state index in [-0.39, 0.29) is 24.8 Å². The van der Waals surface area contributed by atoms with E-state index in [1.54, 1.807) is 23.1 Å². The molecule has 4 nitrogen and oxygen atoms in total. The molecule has 1 amide bonds. The number of carbonyl (C=O) groups excluding carboxylic acids is 1. The molecule has 1 N–H and O–H groups in total. The summed E-state index contributed by atoms with van der Waals surface area (Å²) in [6.07, 6.45) is 0.0948. The Morgan fingerprint density at radius 1 is 1.30 bits per heavy atom. The lowest BCUT2D eigenvalue weighted by molar-refractivity contribution is -0.142. The second kappa shape index (κ2) is 6.02. The smallest absolute Gasteiger partial charge is 0.308 e. The first kappa shape index (κ1) is 15.1. The molecule has 6 heteroatoms. The highest BCUT2D eigenvalue weighted by Gasteiger charge is 2.36. The van der Waals surface area contributed by atoms with Crippen LogP contribution in [0.5, 0.6) is 0 Å². The molecule has 0 saturated carbocycles. The van der Waals surface area contributed by atoms with Crippen molar-refractivity contribution in [2.24, 2.45) is 11.8 Å². The van der Waals surface area contributed by atoms with E-state index in [9.17, 15) is 9.59 Å². The molecule has 1 fully saturated rings. The minimum atomic E-state index is -0.858. The van der Waals surface area contributed by atoms with Gasteiger partial charge in [-0.3, -0.25) is 9.59 Å². The van der Waals surface area contributed by atoms with E-state index in [1.807, 2.05) is 6.92 Å². The number of amides is 1. The number of halogens is 2. The average Bonchev–Trinajstić information content (AvgIpc) is 2.76. The van der Waals surface area contributed by atoms with E-state index in [0.717, 1.165) is 0 Å². The van der Waals surface area contributed by atoms with Crippen LogP contribution in [0.15, 0.2) is 18.2 Å². The standard InChI is InChI=1S/C14H15Cl2NO3/c1-8-6-17(7-10(8)14(19)20)13(18)5-9-11(15)3-2-4-12(9)16/h2-4,8,10H,5-7H2,1H3,(H,19,20)/t8-,10-/m1/s1. The highest BCUT2D eigenvalue weighted by Crippen LogP contribution is 2.28. The molecule has 1 aliphatic rings. The monoisotopic (exact) mass is 315 g/mol. The predicted octanol–water partition coefficient (Wildman–Crippen LogP) is 2.72. The van der Waals surface area contributed by atoms with Crippen LogP contribution in [0, 0.1) is 11.8 Å². The molecule has 0 radical (unpaired) electrons. The molecule has 0 bridgehead atoms. The highest BCUT2D eigenvalue weighted by molar-refractivity contribution is 6.36. The molecule has 2 atom stereocenters. The first-order valence-electron chi connectivity index (χ1n) is 6.33. The van der Waals surface area contributed by atoms with Gasteiger partial charge < -0.3 is 10.0 Å². The van der Waals surface area contributed by atoms with Crippen molar-refractivity contribution in [3.8, 4) is 0 Å². The van der Waals surface area contributed by atoms with E-state index < -0.39 is 11.9 Å². The number of carboxylic acids is 1. The first-order chi connectivity index (χ1) is 9.40. The average molecular weight is 316 g/mol. The minimum Gasteiger partial charge on any atom is -0.481 e. The normalized spacial score (nSPS) is 22.1. The minimum absolute atomic E-state index is 0.0434. The number of hydrogen-bond donors (Lipinski definition) is 1. The summed E-state index contributed by atoms with van der Waals surface area (Å²) in [5.74, 6) is -1.54. The number of benzene rings is 1. The van der Waals surface area contributed by atoms with E-state index in [4.69, 9.17) is 28.3 Å². The fourth-order valence-electron chi connectivity index (χ4n) is 2.46. The zero-order valence-corrected chi connectivity index (χ0v) is 12.5. The van der Waals surface area contributed by atoms with Crippen molar-refractivity contribution >= 4 is 35.1 Å². The molecular weight excluding hydrogens is 301 g/mol. The van der Waals surface area contributed by atoms with Gasteiger partial charge in [-0.25, -0.2) is 0 Å². The summed E-state index contributed by atoms with van der Waals surface area (Å²) in [6, 6.07) is 5.09.